The van der Waals surface area contributed by atoms with Gasteiger partial charge in [-0.05, 0) is 34.6 Å². The SMILES string of the molecule is CCO.CCO.CCO.CCO.CCO.CO.CO. The lowest BCUT2D eigenvalue weighted by molar-refractivity contribution is 0.318. The van der Waals surface area contributed by atoms with Crippen molar-refractivity contribution in [2.24, 2.45) is 0 Å². The van der Waals surface area contributed by atoms with Gasteiger partial charge in [-0.15, -0.1) is 0 Å². The molecule has 0 amide bonds. The average Bonchev–Trinajstić information content (AvgIpc) is 2.38. The topological polar surface area (TPSA) is 142 Å². The maximum Gasteiger partial charge on any atom is 0.0402 e. The zero-order valence-corrected chi connectivity index (χ0v) is 13.7. The van der Waals surface area contributed by atoms with Crippen LogP contribution in [-0.4, -0.2) is 83.0 Å². The molecule has 0 aliphatic rings. The van der Waals surface area contributed by atoms with E-state index in [1.54, 1.807) is 34.6 Å². The van der Waals surface area contributed by atoms with Crippen LogP contribution >= 0.6 is 0 Å². The van der Waals surface area contributed by atoms with Gasteiger partial charge in [0.25, 0.3) is 0 Å². The van der Waals surface area contributed by atoms with Gasteiger partial charge in [0, 0.05) is 47.3 Å². The molecule has 7 N–H and O–H groups in total. The summed E-state index contributed by atoms with van der Waals surface area (Å²) in [6.07, 6.45) is 0. The van der Waals surface area contributed by atoms with Crippen LogP contribution in [0, 0.1) is 0 Å². The highest BCUT2D eigenvalue weighted by Crippen LogP contribution is 1.31. The Morgan fingerprint density at radius 1 is 0.368 bits per heavy atom. The van der Waals surface area contributed by atoms with Crippen LogP contribution in [0.4, 0.5) is 0 Å². The second kappa shape index (κ2) is 222. The molecule has 128 valence electrons. The summed E-state index contributed by atoms with van der Waals surface area (Å²) in [6, 6.07) is 0. The molecule has 0 aliphatic heterocycles. The van der Waals surface area contributed by atoms with Gasteiger partial charge >= 0.3 is 0 Å². The molecule has 0 aliphatic carbocycles. The zero-order valence-electron chi connectivity index (χ0n) is 13.7. The number of aliphatic hydroxyl groups is 7. The molecule has 0 rings (SSSR count). The molecule has 0 spiro atoms. The van der Waals surface area contributed by atoms with E-state index in [-0.39, 0.29) is 33.0 Å². The molecule has 7 heteroatoms. The molecule has 0 fully saturated rings. The fraction of sp³-hybridized carbons (Fsp3) is 1.00. The van der Waals surface area contributed by atoms with Gasteiger partial charge < -0.3 is 35.7 Å². The average molecular weight is 294 g/mol. The minimum Gasteiger partial charge on any atom is -0.400 e. The Kier molecular flexibility index (Phi) is 501. The fourth-order valence-electron chi connectivity index (χ4n) is 0. The van der Waals surface area contributed by atoms with Gasteiger partial charge in [0.05, 0.1) is 0 Å². The van der Waals surface area contributed by atoms with Gasteiger partial charge in [-0.1, -0.05) is 0 Å². The Morgan fingerprint density at radius 2 is 0.368 bits per heavy atom. The molecule has 0 heterocycles. The van der Waals surface area contributed by atoms with Crippen molar-refractivity contribution in [3.05, 3.63) is 0 Å². The van der Waals surface area contributed by atoms with Crippen molar-refractivity contribution in [3.8, 4) is 0 Å². The monoisotopic (exact) mass is 294 g/mol. The van der Waals surface area contributed by atoms with Crippen LogP contribution < -0.4 is 0 Å². The van der Waals surface area contributed by atoms with Crippen molar-refractivity contribution in [1.29, 1.82) is 0 Å². The molecule has 0 saturated heterocycles. The summed E-state index contributed by atoms with van der Waals surface area (Å²) in [7, 11) is 2.00. The predicted octanol–water partition coefficient (Wildman–Crippen LogP) is -0.790. The number of rotatable bonds is 0. The maximum atomic E-state index is 7.57. The molecule has 0 bridgehead atoms. The third-order valence-electron chi connectivity index (χ3n) is 0. The highest BCUT2D eigenvalue weighted by Gasteiger charge is 1.35. The molecule has 0 aromatic rings. The normalized spacial score (nSPS) is 5.37. The van der Waals surface area contributed by atoms with Gasteiger partial charge in [0.1, 0.15) is 0 Å². The third-order valence-corrected chi connectivity index (χ3v) is 0. The molecule has 0 unspecified atom stereocenters. The quantitative estimate of drug-likeness (QED) is 0.310. The second-order valence-electron chi connectivity index (χ2n) is 1.58. The van der Waals surface area contributed by atoms with Crippen LogP contribution in [0.25, 0.3) is 0 Å². The molecule has 0 atom stereocenters. The maximum absolute atomic E-state index is 7.57. The molecular formula is C12H38O7. The number of hydrogen-bond acceptors (Lipinski definition) is 7. The molecule has 0 saturated carbocycles. The Labute approximate surface area is 118 Å². The lowest BCUT2D eigenvalue weighted by Gasteiger charge is -1.52. The lowest BCUT2D eigenvalue weighted by atomic mass is 10.9. The van der Waals surface area contributed by atoms with Crippen molar-refractivity contribution in [3.63, 3.8) is 0 Å². The minimum atomic E-state index is 0.250. The standard InChI is InChI=1S/5C2H6O.2CH4O/c5*1-2-3;2*1-2/h5*3H,2H2,1H3;2*2H,1H3. The van der Waals surface area contributed by atoms with Crippen LogP contribution in [-0.2, 0) is 0 Å². The molecule has 0 aromatic heterocycles. The Bertz CT molecular complexity index is 29.6. The van der Waals surface area contributed by atoms with E-state index in [2.05, 4.69) is 0 Å². The summed E-state index contributed by atoms with van der Waals surface area (Å²) in [6.45, 7) is 9.65. The second-order valence-corrected chi connectivity index (χ2v) is 1.58. The van der Waals surface area contributed by atoms with Crippen LogP contribution in [0.3, 0.4) is 0 Å². The predicted molar refractivity (Wildman–Crippen MR) is 80.1 cm³/mol. The van der Waals surface area contributed by atoms with Crippen molar-refractivity contribution >= 4 is 0 Å². The van der Waals surface area contributed by atoms with E-state index >= 15 is 0 Å². The van der Waals surface area contributed by atoms with E-state index < -0.39 is 0 Å². The van der Waals surface area contributed by atoms with E-state index in [0.717, 1.165) is 14.2 Å². The Balaban J connectivity index is -0.0000000178. The first-order valence-electron chi connectivity index (χ1n) is 6.01. The van der Waals surface area contributed by atoms with Crippen molar-refractivity contribution in [1.82, 2.24) is 0 Å². The third kappa shape index (κ3) is 55900. The first-order valence-corrected chi connectivity index (χ1v) is 6.01. The number of hydrogen-bond donors (Lipinski definition) is 7. The van der Waals surface area contributed by atoms with E-state index in [0.29, 0.717) is 0 Å². The summed E-state index contributed by atoms with van der Waals surface area (Å²) in [4.78, 5) is 0. The van der Waals surface area contributed by atoms with Crippen molar-refractivity contribution in [2.75, 3.05) is 47.3 Å². The summed E-state index contributed by atoms with van der Waals surface area (Å²) < 4.78 is 0. The molecule has 19 heavy (non-hydrogen) atoms. The first-order chi connectivity index (χ1) is 9.07. The summed E-state index contributed by atoms with van der Waals surface area (Å²) in [5.41, 5.74) is 0. The zero-order chi connectivity index (χ0) is 17.5. The van der Waals surface area contributed by atoms with Crippen LogP contribution in [0.5, 0.6) is 0 Å². The summed E-state index contributed by atoms with van der Waals surface area (Å²) >= 11 is 0. The molecular weight excluding hydrogens is 256 g/mol. The molecule has 0 radical (unpaired) electrons. The van der Waals surface area contributed by atoms with E-state index in [1.807, 2.05) is 0 Å². The van der Waals surface area contributed by atoms with Gasteiger partial charge in [-0.3, -0.25) is 0 Å². The molecule has 0 aromatic carbocycles. The van der Waals surface area contributed by atoms with Crippen LogP contribution in [0.2, 0.25) is 0 Å². The van der Waals surface area contributed by atoms with Crippen molar-refractivity contribution < 1.29 is 35.7 Å². The lowest BCUT2D eigenvalue weighted by Crippen LogP contribution is -1.57. The largest absolute Gasteiger partial charge is 0.400 e. The highest BCUT2D eigenvalue weighted by molar-refractivity contribution is 3.85. The summed E-state index contributed by atoms with van der Waals surface area (Å²) in [5, 5.41) is 51.8. The highest BCUT2D eigenvalue weighted by atomic mass is 16.3. The number of aliphatic hydroxyl groups excluding tert-OH is 7. The van der Waals surface area contributed by atoms with Gasteiger partial charge in [0.15, 0.2) is 0 Å². The van der Waals surface area contributed by atoms with E-state index in [4.69, 9.17) is 35.7 Å². The Hall–Kier alpha value is -0.280. The van der Waals surface area contributed by atoms with E-state index in [9.17, 15) is 0 Å². The molecule has 7 nitrogen and oxygen atoms in total. The smallest absolute Gasteiger partial charge is 0.0402 e. The van der Waals surface area contributed by atoms with Gasteiger partial charge in [0.2, 0.25) is 0 Å². The van der Waals surface area contributed by atoms with Gasteiger partial charge in [-0.25, -0.2) is 0 Å². The van der Waals surface area contributed by atoms with Gasteiger partial charge in [-0.2, -0.15) is 0 Å². The van der Waals surface area contributed by atoms with Crippen LogP contribution in [0.15, 0.2) is 0 Å². The fourth-order valence-corrected chi connectivity index (χ4v) is 0. The Morgan fingerprint density at radius 3 is 0.368 bits per heavy atom. The van der Waals surface area contributed by atoms with Crippen LogP contribution in [0.1, 0.15) is 34.6 Å². The summed E-state index contributed by atoms with van der Waals surface area (Å²) in [5.74, 6) is 0. The van der Waals surface area contributed by atoms with E-state index in [1.165, 1.54) is 0 Å². The van der Waals surface area contributed by atoms with Crippen molar-refractivity contribution in [2.45, 2.75) is 34.6 Å². The minimum absolute atomic E-state index is 0.250. The first kappa shape index (κ1) is 42.8.